The summed E-state index contributed by atoms with van der Waals surface area (Å²) >= 11 is 0. The average molecular weight is 364 g/mol. The molecule has 1 aliphatic rings. The van der Waals surface area contributed by atoms with Crippen LogP contribution >= 0.6 is 0 Å². The summed E-state index contributed by atoms with van der Waals surface area (Å²) in [6.45, 7) is 1.31. The number of amides is 1. The average Bonchev–Trinajstić information content (AvgIpc) is 3.13. The fraction of sp³-hybridized carbons (Fsp3) is 0.250. The number of hydrogen-bond donors (Lipinski definition) is 2. The lowest BCUT2D eigenvalue weighted by Crippen LogP contribution is -2.42. The second kappa shape index (κ2) is 7.11. The van der Waals surface area contributed by atoms with Crippen LogP contribution in [0.3, 0.4) is 0 Å². The minimum Gasteiger partial charge on any atom is -0.382 e. The maximum Gasteiger partial charge on any atom is 0.293 e. The molecule has 2 heterocycles. The van der Waals surface area contributed by atoms with E-state index in [1.54, 1.807) is 23.1 Å². The molecular weight excluding hydrogens is 344 g/mol. The molecule has 2 N–H and O–H groups in total. The van der Waals surface area contributed by atoms with Crippen LogP contribution in [0.15, 0.2) is 54.6 Å². The van der Waals surface area contributed by atoms with Crippen LogP contribution < -0.4 is 5.32 Å². The molecule has 1 aliphatic heterocycles. The molecule has 138 valence electrons. The molecule has 0 bridgehead atoms. The fourth-order valence-electron chi connectivity index (χ4n) is 3.57. The van der Waals surface area contributed by atoms with E-state index in [1.165, 1.54) is 6.07 Å². The van der Waals surface area contributed by atoms with E-state index >= 15 is 0 Å². The monoisotopic (exact) mass is 364 g/mol. The van der Waals surface area contributed by atoms with Crippen LogP contribution in [0.25, 0.3) is 10.9 Å². The van der Waals surface area contributed by atoms with E-state index in [1.807, 2.05) is 30.3 Å². The molecule has 27 heavy (non-hydrogen) atoms. The van der Waals surface area contributed by atoms with Crippen molar-refractivity contribution in [2.75, 3.05) is 18.4 Å². The van der Waals surface area contributed by atoms with Gasteiger partial charge in [-0.05, 0) is 31.0 Å². The first-order valence-corrected chi connectivity index (χ1v) is 8.99. The van der Waals surface area contributed by atoms with Crippen LogP contribution in [0.4, 0.5) is 11.4 Å². The standard InChI is InChI=1S/C20H20N4O3/c25-20(17-13-14-5-4-8-18(24(26)27)19(14)22-17)23-11-9-16(10-12-23)21-15-6-2-1-3-7-15/h1-8,13,16,21-22H,9-12H2. The number of non-ortho nitro benzene ring substituents is 1. The topological polar surface area (TPSA) is 91.3 Å². The van der Waals surface area contributed by atoms with E-state index in [0.717, 1.165) is 18.5 Å². The van der Waals surface area contributed by atoms with Crippen molar-refractivity contribution in [2.24, 2.45) is 0 Å². The zero-order valence-corrected chi connectivity index (χ0v) is 14.7. The van der Waals surface area contributed by atoms with E-state index in [2.05, 4.69) is 10.3 Å². The molecule has 0 atom stereocenters. The van der Waals surface area contributed by atoms with Crippen LogP contribution in [-0.2, 0) is 0 Å². The number of carbonyl (C=O) groups is 1. The summed E-state index contributed by atoms with van der Waals surface area (Å²) in [7, 11) is 0. The predicted octanol–water partition coefficient (Wildman–Crippen LogP) is 3.79. The number of hydrogen-bond acceptors (Lipinski definition) is 4. The van der Waals surface area contributed by atoms with Crippen molar-refractivity contribution < 1.29 is 9.72 Å². The van der Waals surface area contributed by atoms with Gasteiger partial charge in [0.25, 0.3) is 11.6 Å². The number of nitro groups is 1. The number of piperidine rings is 1. The number of benzene rings is 2. The Hall–Kier alpha value is -3.35. The van der Waals surface area contributed by atoms with Gasteiger partial charge >= 0.3 is 0 Å². The molecule has 0 unspecified atom stereocenters. The molecule has 2 aromatic carbocycles. The maximum absolute atomic E-state index is 12.8. The summed E-state index contributed by atoms with van der Waals surface area (Å²) in [5.41, 5.74) is 1.86. The van der Waals surface area contributed by atoms with Crippen LogP contribution in [0.1, 0.15) is 23.3 Å². The van der Waals surface area contributed by atoms with E-state index in [9.17, 15) is 14.9 Å². The van der Waals surface area contributed by atoms with Crippen LogP contribution in [0.5, 0.6) is 0 Å². The predicted molar refractivity (Wildman–Crippen MR) is 104 cm³/mol. The molecule has 1 fully saturated rings. The van der Waals surface area contributed by atoms with Crippen LogP contribution in [0.2, 0.25) is 0 Å². The maximum atomic E-state index is 12.8. The quantitative estimate of drug-likeness (QED) is 0.544. The smallest absolute Gasteiger partial charge is 0.293 e. The van der Waals surface area contributed by atoms with Crippen molar-refractivity contribution >= 4 is 28.2 Å². The van der Waals surface area contributed by atoms with Crippen molar-refractivity contribution in [1.29, 1.82) is 0 Å². The first-order valence-electron chi connectivity index (χ1n) is 8.99. The summed E-state index contributed by atoms with van der Waals surface area (Å²) in [5, 5.41) is 15.3. The molecule has 1 aromatic heterocycles. The highest BCUT2D eigenvalue weighted by Gasteiger charge is 2.25. The third-order valence-electron chi connectivity index (χ3n) is 4.99. The number of aromatic amines is 1. The van der Waals surface area contributed by atoms with Crippen molar-refractivity contribution in [3.8, 4) is 0 Å². The van der Waals surface area contributed by atoms with E-state index < -0.39 is 4.92 Å². The van der Waals surface area contributed by atoms with E-state index in [4.69, 9.17) is 0 Å². The van der Waals surface area contributed by atoms with E-state index in [0.29, 0.717) is 35.7 Å². The molecule has 0 aliphatic carbocycles. The number of rotatable bonds is 4. The number of nitrogens with zero attached hydrogens (tertiary/aromatic N) is 2. The van der Waals surface area contributed by atoms with Gasteiger partial charge in [0, 0.05) is 36.3 Å². The Labute approximate surface area is 156 Å². The van der Waals surface area contributed by atoms with Gasteiger partial charge in [-0.2, -0.15) is 0 Å². The highest BCUT2D eigenvalue weighted by atomic mass is 16.6. The Balaban J connectivity index is 1.44. The molecule has 3 aromatic rings. The van der Waals surface area contributed by atoms with Crippen LogP contribution in [0, 0.1) is 10.1 Å². The van der Waals surface area contributed by atoms with Gasteiger partial charge in [0.2, 0.25) is 0 Å². The Kier molecular flexibility index (Phi) is 4.50. The number of fused-ring (bicyclic) bond motifs is 1. The largest absolute Gasteiger partial charge is 0.382 e. The number of para-hydroxylation sites is 2. The SMILES string of the molecule is O=C(c1cc2cccc([N+](=O)[O-])c2[nH]1)N1CCC(Nc2ccccc2)CC1. The number of carbonyl (C=O) groups excluding carboxylic acids is 1. The van der Waals surface area contributed by atoms with Crippen molar-refractivity contribution in [3.63, 3.8) is 0 Å². The third kappa shape index (κ3) is 3.48. The lowest BCUT2D eigenvalue weighted by atomic mass is 10.0. The number of nitro benzene ring substituents is 1. The molecule has 4 rings (SSSR count). The Morgan fingerprint density at radius 2 is 1.85 bits per heavy atom. The molecule has 0 saturated carbocycles. The van der Waals surface area contributed by atoms with Gasteiger partial charge in [0.05, 0.1) is 4.92 Å². The Morgan fingerprint density at radius 3 is 2.56 bits per heavy atom. The number of nitrogens with one attached hydrogen (secondary N) is 2. The highest BCUT2D eigenvalue weighted by Crippen LogP contribution is 2.26. The summed E-state index contributed by atoms with van der Waals surface area (Å²) in [5.74, 6) is -0.112. The van der Waals surface area contributed by atoms with Gasteiger partial charge in [0.1, 0.15) is 11.2 Å². The molecule has 0 radical (unpaired) electrons. The lowest BCUT2D eigenvalue weighted by molar-refractivity contribution is -0.383. The number of likely N-dealkylation sites (tertiary alicyclic amines) is 1. The normalized spacial score (nSPS) is 15.0. The minimum absolute atomic E-state index is 0.0164. The van der Waals surface area contributed by atoms with Crippen LogP contribution in [-0.4, -0.2) is 39.8 Å². The lowest BCUT2D eigenvalue weighted by Gasteiger charge is -2.32. The number of aromatic nitrogens is 1. The molecule has 0 spiro atoms. The van der Waals surface area contributed by atoms with Gasteiger partial charge in [-0.15, -0.1) is 0 Å². The highest BCUT2D eigenvalue weighted by molar-refractivity contribution is 6.00. The number of anilines is 1. The fourth-order valence-corrected chi connectivity index (χ4v) is 3.57. The minimum atomic E-state index is -0.437. The summed E-state index contributed by atoms with van der Waals surface area (Å²) in [6.07, 6.45) is 1.72. The van der Waals surface area contributed by atoms with Gasteiger partial charge in [-0.25, -0.2) is 0 Å². The zero-order chi connectivity index (χ0) is 18.8. The van der Waals surface area contributed by atoms with Gasteiger partial charge in [-0.1, -0.05) is 30.3 Å². The summed E-state index contributed by atoms with van der Waals surface area (Å²) < 4.78 is 0. The number of H-pyrrole nitrogens is 1. The summed E-state index contributed by atoms with van der Waals surface area (Å²) in [6, 6.07) is 16.9. The molecule has 1 saturated heterocycles. The molecular formula is C20H20N4O3. The third-order valence-corrected chi connectivity index (χ3v) is 4.99. The molecule has 7 heteroatoms. The van der Waals surface area contributed by atoms with Gasteiger partial charge in [-0.3, -0.25) is 14.9 Å². The Bertz CT molecular complexity index is 975. The zero-order valence-electron chi connectivity index (χ0n) is 14.7. The first-order chi connectivity index (χ1) is 13.1. The van der Waals surface area contributed by atoms with Gasteiger partial charge in [0.15, 0.2) is 0 Å². The van der Waals surface area contributed by atoms with E-state index in [-0.39, 0.29) is 11.6 Å². The second-order valence-electron chi connectivity index (χ2n) is 6.76. The summed E-state index contributed by atoms with van der Waals surface area (Å²) in [4.78, 5) is 28.3. The van der Waals surface area contributed by atoms with Gasteiger partial charge < -0.3 is 15.2 Å². The molecule has 7 nitrogen and oxygen atoms in total. The second-order valence-corrected chi connectivity index (χ2v) is 6.76. The first kappa shape index (κ1) is 17.1. The Morgan fingerprint density at radius 1 is 1.11 bits per heavy atom. The van der Waals surface area contributed by atoms with Crippen molar-refractivity contribution in [2.45, 2.75) is 18.9 Å². The molecule has 1 amide bonds. The van der Waals surface area contributed by atoms with Crippen molar-refractivity contribution in [1.82, 2.24) is 9.88 Å². The van der Waals surface area contributed by atoms with Crippen molar-refractivity contribution in [3.05, 3.63) is 70.4 Å².